The van der Waals surface area contributed by atoms with Gasteiger partial charge in [0.1, 0.15) is 17.2 Å². The van der Waals surface area contributed by atoms with Crippen LogP contribution in [-0.2, 0) is 16.6 Å². The highest BCUT2D eigenvalue weighted by Crippen LogP contribution is 2.37. The lowest BCUT2D eigenvalue weighted by molar-refractivity contribution is 0.0970. The Bertz CT molecular complexity index is 1190. The van der Waals surface area contributed by atoms with Crippen molar-refractivity contribution >= 4 is 15.9 Å². The van der Waals surface area contributed by atoms with Crippen LogP contribution in [0.3, 0.4) is 0 Å². The van der Waals surface area contributed by atoms with Gasteiger partial charge >= 0.3 is 5.91 Å². The van der Waals surface area contributed by atoms with E-state index in [4.69, 9.17) is 18.9 Å². The topological polar surface area (TPSA) is 144 Å². The Balaban J connectivity index is 1.91. The Hall–Kier alpha value is -3.87. The molecule has 3 aromatic rings. The Morgan fingerprint density at radius 3 is 2.28 bits per heavy atom. The van der Waals surface area contributed by atoms with Gasteiger partial charge in [0, 0.05) is 30.7 Å². The van der Waals surface area contributed by atoms with Crippen molar-refractivity contribution in [3.05, 3.63) is 48.2 Å². The predicted octanol–water partition coefficient (Wildman–Crippen LogP) is 0.874. The molecule has 0 aliphatic heterocycles. The number of carbonyl (C=O) groups excluding carboxylic acids is 1. The van der Waals surface area contributed by atoms with Gasteiger partial charge in [-0.25, -0.2) is 18.1 Å². The van der Waals surface area contributed by atoms with Crippen molar-refractivity contribution in [1.29, 1.82) is 0 Å². The van der Waals surface area contributed by atoms with Crippen LogP contribution in [0.2, 0.25) is 0 Å². The molecule has 3 rings (SSSR count). The fraction of sp³-hybridized carbons (Fsp3) is 0.263. The van der Waals surface area contributed by atoms with Gasteiger partial charge in [-0.05, 0) is 6.07 Å². The average molecular weight is 463 g/mol. The normalized spacial score (nSPS) is 11.0. The summed E-state index contributed by atoms with van der Waals surface area (Å²) in [5.74, 6) is -1.19. The van der Waals surface area contributed by atoms with Crippen LogP contribution in [0.15, 0.2) is 41.7 Å². The number of benzene rings is 1. The quantitative estimate of drug-likeness (QED) is 0.485. The second kappa shape index (κ2) is 9.51. The third-order valence-corrected chi connectivity index (χ3v) is 5.67. The van der Waals surface area contributed by atoms with Crippen LogP contribution in [0.5, 0.6) is 23.1 Å². The van der Waals surface area contributed by atoms with E-state index in [1.165, 1.54) is 46.8 Å². The molecule has 32 heavy (non-hydrogen) atoms. The maximum Gasteiger partial charge on any atom is 0.302 e. The molecule has 13 heteroatoms. The Morgan fingerprint density at radius 2 is 1.75 bits per heavy atom. The monoisotopic (exact) mass is 463 g/mol. The highest BCUT2D eigenvalue weighted by atomic mass is 32.2. The molecule has 0 atom stereocenters. The smallest absolute Gasteiger partial charge is 0.302 e. The van der Waals surface area contributed by atoms with Crippen LogP contribution in [0.25, 0.3) is 0 Å². The lowest BCUT2D eigenvalue weighted by Crippen LogP contribution is -2.32. The number of hydrogen-bond donors (Lipinski definition) is 1. The van der Waals surface area contributed by atoms with E-state index in [0.717, 1.165) is 0 Å². The molecule has 12 nitrogen and oxygen atoms in total. The van der Waals surface area contributed by atoms with Crippen molar-refractivity contribution in [2.24, 2.45) is 0 Å². The van der Waals surface area contributed by atoms with Gasteiger partial charge in [-0.1, -0.05) is 0 Å². The van der Waals surface area contributed by atoms with E-state index in [2.05, 4.69) is 15.1 Å². The van der Waals surface area contributed by atoms with E-state index in [1.807, 2.05) is 4.72 Å². The van der Waals surface area contributed by atoms with Crippen LogP contribution in [0.1, 0.15) is 16.2 Å². The van der Waals surface area contributed by atoms with Crippen molar-refractivity contribution < 1.29 is 32.2 Å². The molecule has 0 aliphatic carbocycles. The molecular formula is C19H21N5O7S. The summed E-state index contributed by atoms with van der Waals surface area (Å²) in [5, 5.41) is 4.09. The number of carbonyl (C=O) groups is 1. The van der Waals surface area contributed by atoms with Gasteiger partial charge < -0.3 is 18.9 Å². The van der Waals surface area contributed by atoms with Crippen molar-refractivity contribution in [1.82, 2.24) is 24.5 Å². The van der Waals surface area contributed by atoms with E-state index < -0.39 is 21.8 Å². The fourth-order valence-corrected chi connectivity index (χ4v) is 4.06. The van der Waals surface area contributed by atoms with Crippen molar-refractivity contribution in [2.75, 3.05) is 28.4 Å². The molecular weight excluding hydrogens is 442 g/mol. The van der Waals surface area contributed by atoms with Crippen molar-refractivity contribution in [3.63, 3.8) is 0 Å². The first-order chi connectivity index (χ1) is 15.3. The molecule has 0 spiro atoms. The number of ether oxygens (including phenoxy) is 4. The number of sulfonamides is 1. The summed E-state index contributed by atoms with van der Waals surface area (Å²) in [6.07, 6.45) is 4.72. The molecule has 0 unspecified atom stereocenters. The molecule has 0 saturated heterocycles. The summed E-state index contributed by atoms with van der Waals surface area (Å²) >= 11 is 0. The van der Waals surface area contributed by atoms with Gasteiger partial charge in [-0.15, -0.1) is 0 Å². The molecule has 0 fully saturated rings. The Kier molecular flexibility index (Phi) is 6.78. The zero-order chi connectivity index (χ0) is 23.3. The standard InChI is InChI=1S/C19H21N5O7S/c1-28-13-8-14(29-2)16(15(9-13)30-3)32(26,27)23-18(25)17-20-10-12(19(22-17)31-4)11-24-7-5-6-21-24/h5-10H,11H2,1-4H3,(H,23,25). The number of nitrogens with one attached hydrogen (secondary N) is 1. The minimum absolute atomic E-state index is 0.0745. The van der Waals surface area contributed by atoms with Gasteiger partial charge in [-0.2, -0.15) is 10.1 Å². The zero-order valence-corrected chi connectivity index (χ0v) is 18.5. The summed E-state index contributed by atoms with van der Waals surface area (Å²) in [7, 11) is 0.912. The number of rotatable bonds is 9. The van der Waals surface area contributed by atoms with E-state index >= 15 is 0 Å². The Labute approximate surface area is 184 Å². The van der Waals surface area contributed by atoms with Crippen molar-refractivity contribution in [3.8, 4) is 23.1 Å². The van der Waals surface area contributed by atoms with Gasteiger partial charge in [0.2, 0.25) is 11.7 Å². The molecule has 0 bridgehead atoms. The predicted molar refractivity (Wildman–Crippen MR) is 111 cm³/mol. The van der Waals surface area contributed by atoms with E-state index in [9.17, 15) is 13.2 Å². The molecule has 2 aromatic heterocycles. The van der Waals surface area contributed by atoms with E-state index in [1.54, 1.807) is 23.1 Å². The van der Waals surface area contributed by atoms with E-state index in [-0.39, 0.29) is 22.3 Å². The molecule has 0 saturated carbocycles. The molecule has 1 aromatic carbocycles. The summed E-state index contributed by atoms with van der Waals surface area (Å²) in [6, 6.07) is 4.46. The van der Waals surface area contributed by atoms with Crippen LogP contribution in [-0.4, -0.2) is 62.5 Å². The lowest BCUT2D eigenvalue weighted by atomic mass is 10.3. The summed E-state index contributed by atoms with van der Waals surface area (Å²) in [6.45, 7) is 0.302. The molecule has 0 aliphatic rings. The average Bonchev–Trinajstić information content (AvgIpc) is 3.30. The summed E-state index contributed by atoms with van der Waals surface area (Å²) in [5.41, 5.74) is 0.550. The highest BCUT2D eigenvalue weighted by Gasteiger charge is 2.29. The molecule has 0 radical (unpaired) electrons. The number of nitrogens with zero attached hydrogens (tertiary/aromatic N) is 4. The van der Waals surface area contributed by atoms with Crippen LogP contribution in [0.4, 0.5) is 0 Å². The Morgan fingerprint density at radius 1 is 1.06 bits per heavy atom. The third-order valence-electron chi connectivity index (χ3n) is 4.28. The first-order valence-corrected chi connectivity index (χ1v) is 10.6. The molecule has 1 N–H and O–H groups in total. The minimum atomic E-state index is -4.43. The van der Waals surface area contributed by atoms with Crippen LogP contribution < -0.4 is 23.7 Å². The molecule has 1 amide bonds. The van der Waals surface area contributed by atoms with Gasteiger partial charge in [-0.3, -0.25) is 9.48 Å². The van der Waals surface area contributed by atoms with Crippen LogP contribution >= 0.6 is 0 Å². The maximum absolute atomic E-state index is 13.0. The number of methoxy groups -OCH3 is 4. The van der Waals surface area contributed by atoms with Gasteiger partial charge in [0.15, 0.2) is 4.90 Å². The first kappa shape index (κ1) is 22.8. The summed E-state index contributed by atoms with van der Waals surface area (Å²) < 4.78 is 50.1. The number of amides is 1. The minimum Gasteiger partial charge on any atom is -0.496 e. The van der Waals surface area contributed by atoms with Gasteiger partial charge in [0.25, 0.3) is 10.0 Å². The number of hydrogen-bond acceptors (Lipinski definition) is 10. The maximum atomic E-state index is 13.0. The van der Waals surface area contributed by atoms with E-state index in [0.29, 0.717) is 17.9 Å². The third kappa shape index (κ3) is 4.72. The number of aromatic nitrogens is 4. The van der Waals surface area contributed by atoms with Gasteiger partial charge in [0.05, 0.1) is 40.5 Å². The second-order valence-corrected chi connectivity index (χ2v) is 7.85. The van der Waals surface area contributed by atoms with Crippen molar-refractivity contribution in [2.45, 2.75) is 11.4 Å². The second-order valence-electron chi connectivity index (χ2n) is 6.23. The molecule has 170 valence electrons. The molecule has 2 heterocycles. The summed E-state index contributed by atoms with van der Waals surface area (Å²) in [4.78, 5) is 20.3. The highest BCUT2D eigenvalue weighted by molar-refractivity contribution is 7.90. The van der Waals surface area contributed by atoms with Crippen LogP contribution in [0, 0.1) is 0 Å². The SMILES string of the molecule is COc1cc(OC)c(S(=O)(=O)NC(=O)c2ncc(Cn3cccn3)c(OC)n2)c(OC)c1. The fourth-order valence-electron chi connectivity index (χ4n) is 2.81. The first-order valence-electron chi connectivity index (χ1n) is 9.07. The lowest BCUT2D eigenvalue weighted by Gasteiger charge is -2.15. The zero-order valence-electron chi connectivity index (χ0n) is 17.7. The largest absolute Gasteiger partial charge is 0.496 e.